The Morgan fingerprint density at radius 3 is 2.92 bits per heavy atom. The Morgan fingerprint density at radius 1 is 1.46 bits per heavy atom. The Bertz CT molecular complexity index is 516. The highest BCUT2D eigenvalue weighted by Crippen LogP contribution is 2.23. The number of aromatic nitrogens is 1. The van der Waals surface area contributed by atoms with E-state index < -0.39 is 0 Å². The van der Waals surface area contributed by atoms with Crippen molar-refractivity contribution in [3.63, 3.8) is 0 Å². The maximum absolute atomic E-state index is 4.86. The molecule has 0 spiro atoms. The maximum atomic E-state index is 4.86. The summed E-state index contributed by atoms with van der Waals surface area (Å²) in [5.41, 5.74) is 2.60. The molecule has 1 aliphatic rings. The number of pyridine rings is 1. The van der Waals surface area contributed by atoms with Crippen molar-refractivity contribution in [2.24, 2.45) is 16.8 Å². The van der Waals surface area contributed by atoms with E-state index >= 15 is 0 Å². The first-order valence-electron chi connectivity index (χ1n) is 9.02. The van der Waals surface area contributed by atoms with Gasteiger partial charge in [0, 0.05) is 38.6 Å². The fourth-order valence-corrected chi connectivity index (χ4v) is 3.37. The van der Waals surface area contributed by atoms with Gasteiger partial charge in [-0.3, -0.25) is 9.98 Å². The van der Waals surface area contributed by atoms with Crippen molar-refractivity contribution in [2.75, 3.05) is 26.2 Å². The Labute approximate surface area is 164 Å². The van der Waals surface area contributed by atoms with Crippen molar-refractivity contribution in [3.05, 3.63) is 29.6 Å². The molecule has 136 valence electrons. The number of likely N-dealkylation sites (tertiary alicyclic amines) is 1. The number of rotatable bonds is 6. The van der Waals surface area contributed by atoms with Gasteiger partial charge in [-0.2, -0.15) is 0 Å². The third-order valence-electron chi connectivity index (χ3n) is 4.50. The zero-order valence-electron chi connectivity index (χ0n) is 15.6. The molecule has 0 aliphatic carbocycles. The van der Waals surface area contributed by atoms with E-state index in [1.54, 1.807) is 0 Å². The highest BCUT2D eigenvalue weighted by Gasteiger charge is 2.25. The molecule has 1 aliphatic heterocycles. The molecular weight excluding hydrogens is 411 g/mol. The van der Waals surface area contributed by atoms with Gasteiger partial charge in [-0.05, 0) is 62.1 Å². The second-order valence-corrected chi connectivity index (χ2v) is 7.02. The van der Waals surface area contributed by atoms with Crippen LogP contribution < -0.4 is 5.32 Å². The highest BCUT2D eigenvalue weighted by molar-refractivity contribution is 14.0. The Kier molecular flexibility index (Phi) is 9.63. The van der Waals surface area contributed by atoms with Gasteiger partial charge < -0.3 is 10.2 Å². The first-order chi connectivity index (χ1) is 11.1. The van der Waals surface area contributed by atoms with Crippen molar-refractivity contribution in [1.29, 1.82) is 0 Å². The van der Waals surface area contributed by atoms with Crippen LogP contribution in [-0.4, -0.2) is 42.0 Å². The Morgan fingerprint density at radius 2 is 2.25 bits per heavy atom. The van der Waals surface area contributed by atoms with E-state index in [9.17, 15) is 0 Å². The van der Waals surface area contributed by atoms with Crippen molar-refractivity contribution >= 4 is 29.9 Å². The number of hydrogen-bond donors (Lipinski definition) is 1. The summed E-state index contributed by atoms with van der Waals surface area (Å²) in [6, 6.07) is 2.10. The summed E-state index contributed by atoms with van der Waals surface area (Å²) >= 11 is 0. The second-order valence-electron chi connectivity index (χ2n) is 7.02. The quantitative estimate of drug-likeness (QED) is 0.411. The van der Waals surface area contributed by atoms with Crippen LogP contribution in [0.15, 0.2) is 23.5 Å². The first kappa shape index (κ1) is 21.2. The van der Waals surface area contributed by atoms with Gasteiger partial charge in [0.2, 0.25) is 0 Å². The van der Waals surface area contributed by atoms with Gasteiger partial charge in [0.15, 0.2) is 5.96 Å². The van der Waals surface area contributed by atoms with Crippen LogP contribution in [0.4, 0.5) is 0 Å². The summed E-state index contributed by atoms with van der Waals surface area (Å²) in [4.78, 5) is 11.5. The zero-order chi connectivity index (χ0) is 16.7. The number of aliphatic imine (C=N–C) groups is 1. The maximum Gasteiger partial charge on any atom is 0.193 e. The minimum Gasteiger partial charge on any atom is -0.357 e. The topological polar surface area (TPSA) is 40.5 Å². The van der Waals surface area contributed by atoms with Gasteiger partial charge in [0.1, 0.15) is 0 Å². The molecule has 1 unspecified atom stereocenters. The third-order valence-corrected chi connectivity index (χ3v) is 4.50. The van der Waals surface area contributed by atoms with Crippen molar-refractivity contribution in [1.82, 2.24) is 15.2 Å². The van der Waals surface area contributed by atoms with Gasteiger partial charge in [-0.25, -0.2) is 0 Å². The van der Waals surface area contributed by atoms with Crippen LogP contribution >= 0.6 is 24.0 Å². The second kappa shape index (κ2) is 10.9. The van der Waals surface area contributed by atoms with E-state index in [4.69, 9.17) is 4.99 Å². The van der Waals surface area contributed by atoms with Crippen LogP contribution in [0.2, 0.25) is 0 Å². The fourth-order valence-electron chi connectivity index (χ4n) is 3.37. The van der Waals surface area contributed by atoms with Crippen LogP contribution in [0.3, 0.4) is 0 Å². The van der Waals surface area contributed by atoms with Gasteiger partial charge in [0.05, 0.1) is 0 Å². The van der Waals surface area contributed by atoms with E-state index in [0.29, 0.717) is 0 Å². The number of aryl methyl sites for hydroxylation is 1. The minimum absolute atomic E-state index is 0. The molecule has 0 saturated carbocycles. The van der Waals surface area contributed by atoms with Gasteiger partial charge in [0.25, 0.3) is 0 Å². The SMILES string of the molecule is CCNC(=NCCc1ccncc1C)N1CCC(CC(C)C)C1.I. The number of guanidine groups is 1. The molecular formula is C19H33IN4. The lowest BCUT2D eigenvalue weighted by Crippen LogP contribution is -2.40. The molecule has 1 N–H and O–H groups in total. The van der Waals surface area contributed by atoms with Crippen LogP contribution in [0.5, 0.6) is 0 Å². The van der Waals surface area contributed by atoms with E-state index in [1.807, 2.05) is 12.4 Å². The van der Waals surface area contributed by atoms with Crippen molar-refractivity contribution in [2.45, 2.75) is 47.0 Å². The summed E-state index contributed by atoms with van der Waals surface area (Å²) in [5.74, 6) is 2.70. The summed E-state index contributed by atoms with van der Waals surface area (Å²) in [6.45, 7) is 12.9. The lowest BCUT2D eigenvalue weighted by atomic mass is 9.97. The monoisotopic (exact) mass is 444 g/mol. The molecule has 1 atom stereocenters. The molecule has 24 heavy (non-hydrogen) atoms. The predicted octanol–water partition coefficient (Wildman–Crippen LogP) is 3.88. The normalized spacial score (nSPS) is 18.0. The summed E-state index contributed by atoms with van der Waals surface area (Å²) in [7, 11) is 0. The number of nitrogens with one attached hydrogen (secondary N) is 1. The molecule has 4 nitrogen and oxygen atoms in total. The van der Waals surface area contributed by atoms with Gasteiger partial charge in [-0.15, -0.1) is 24.0 Å². The summed E-state index contributed by atoms with van der Waals surface area (Å²) < 4.78 is 0. The largest absolute Gasteiger partial charge is 0.357 e. The van der Waals surface area contributed by atoms with E-state index in [2.05, 4.69) is 49.0 Å². The molecule has 5 heteroatoms. The fraction of sp³-hybridized carbons (Fsp3) is 0.684. The summed E-state index contributed by atoms with van der Waals surface area (Å²) in [6.07, 6.45) is 7.40. The first-order valence-corrected chi connectivity index (χ1v) is 9.02. The van der Waals surface area contributed by atoms with Crippen LogP contribution in [0, 0.1) is 18.8 Å². The van der Waals surface area contributed by atoms with Gasteiger partial charge in [-0.1, -0.05) is 13.8 Å². The molecule has 1 aromatic heterocycles. The third kappa shape index (κ3) is 6.57. The molecule has 1 saturated heterocycles. The van der Waals surface area contributed by atoms with E-state index in [0.717, 1.165) is 50.4 Å². The van der Waals surface area contributed by atoms with Gasteiger partial charge >= 0.3 is 0 Å². The molecule has 0 radical (unpaired) electrons. The molecule has 1 fully saturated rings. The molecule has 2 rings (SSSR count). The molecule has 0 aromatic carbocycles. The van der Waals surface area contributed by atoms with Crippen molar-refractivity contribution < 1.29 is 0 Å². The summed E-state index contributed by atoms with van der Waals surface area (Å²) in [5, 5.41) is 3.46. The van der Waals surface area contributed by atoms with E-state index in [1.165, 1.54) is 24.0 Å². The Balaban J connectivity index is 0.00000288. The molecule has 0 amide bonds. The zero-order valence-corrected chi connectivity index (χ0v) is 17.9. The standard InChI is InChI=1S/C19H32N4.HI/c1-5-21-19(23-11-8-17(14-23)12-15(2)3)22-10-7-18-6-9-20-13-16(18)4;/h6,9,13,15,17H,5,7-8,10-12,14H2,1-4H3,(H,21,22);1H. The van der Waals surface area contributed by atoms with Crippen LogP contribution in [-0.2, 0) is 6.42 Å². The number of nitrogens with zero attached hydrogens (tertiary/aromatic N) is 3. The molecule has 2 heterocycles. The Hall–Kier alpha value is -0.850. The number of halogens is 1. The van der Waals surface area contributed by atoms with Crippen LogP contribution in [0.25, 0.3) is 0 Å². The van der Waals surface area contributed by atoms with E-state index in [-0.39, 0.29) is 24.0 Å². The molecule has 0 bridgehead atoms. The smallest absolute Gasteiger partial charge is 0.193 e. The average molecular weight is 444 g/mol. The lowest BCUT2D eigenvalue weighted by molar-refractivity contribution is 0.403. The minimum atomic E-state index is 0. The lowest BCUT2D eigenvalue weighted by Gasteiger charge is -2.22. The average Bonchev–Trinajstić information content (AvgIpc) is 2.96. The highest BCUT2D eigenvalue weighted by atomic mass is 127. The number of hydrogen-bond acceptors (Lipinski definition) is 2. The van der Waals surface area contributed by atoms with Crippen LogP contribution in [0.1, 0.15) is 44.7 Å². The van der Waals surface area contributed by atoms with Crippen molar-refractivity contribution in [3.8, 4) is 0 Å². The molecule has 1 aromatic rings. The predicted molar refractivity (Wildman–Crippen MR) is 113 cm³/mol.